The number of furan rings is 1. The molecule has 3 aromatic heterocycles. The fraction of sp³-hybridized carbons (Fsp3) is 0.333. The third kappa shape index (κ3) is 3.67. The van der Waals surface area contributed by atoms with Gasteiger partial charge in [-0.2, -0.15) is 16.4 Å². The Hall–Kier alpha value is -2.38. The van der Waals surface area contributed by atoms with Crippen LogP contribution in [0.2, 0.25) is 0 Å². The topological polar surface area (TPSA) is 63.3 Å². The Balaban J connectivity index is 1.37. The number of amides is 1. The third-order valence-corrected chi connectivity index (χ3v) is 5.17. The molecule has 25 heavy (non-hydrogen) atoms. The van der Waals surface area contributed by atoms with Crippen molar-refractivity contribution in [1.29, 1.82) is 0 Å². The number of aromatic nitrogens is 2. The molecule has 0 saturated carbocycles. The first kappa shape index (κ1) is 16.1. The van der Waals surface area contributed by atoms with Crippen LogP contribution in [0.15, 0.2) is 52.1 Å². The number of thiophene rings is 1. The number of rotatable bonds is 6. The van der Waals surface area contributed by atoms with Crippen molar-refractivity contribution in [1.82, 2.24) is 20.0 Å². The minimum absolute atomic E-state index is 0.00648. The highest BCUT2D eigenvalue weighted by molar-refractivity contribution is 7.08. The summed E-state index contributed by atoms with van der Waals surface area (Å²) in [6.07, 6.45) is 6.21. The maximum Gasteiger partial charge on any atom is 0.252 e. The van der Waals surface area contributed by atoms with E-state index >= 15 is 0 Å². The quantitative estimate of drug-likeness (QED) is 0.738. The highest BCUT2D eigenvalue weighted by Crippen LogP contribution is 2.24. The first-order chi connectivity index (χ1) is 12.3. The first-order valence-corrected chi connectivity index (χ1v) is 9.30. The maximum atomic E-state index is 12.1. The van der Waals surface area contributed by atoms with E-state index in [1.54, 1.807) is 12.5 Å². The summed E-state index contributed by atoms with van der Waals surface area (Å²) in [5, 5.41) is 11.3. The van der Waals surface area contributed by atoms with E-state index in [2.05, 4.69) is 26.1 Å². The minimum Gasteiger partial charge on any atom is -0.472 e. The highest BCUT2D eigenvalue weighted by atomic mass is 32.1. The van der Waals surface area contributed by atoms with Gasteiger partial charge in [0.15, 0.2) is 0 Å². The SMILES string of the molecule is O=C(NCCC1CN(Cc2ccoc2)Cc2ccnn21)c1ccsc1. The molecule has 7 heteroatoms. The van der Waals surface area contributed by atoms with Gasteiger partial charge in [-0.05, 0) is 30.0 Å². The zero-order chi connectivity index (χ0) is 17.1. The van der Waals surface area contributed by atoms with Crippen molar-refractivity contribution < 1.29 is 9.21 Å². The van der Waals surface area contributed by atoms with Gasteiger partial charge in [-0.25, -0.2) is 0 Å². The number of fused-ring (bicyclic) bond motifs is 1. The molecule has 1 aliphatic rings. The van der Waals surface area contributed by atoms with Crippen molar-refractivity contribution in [3.63, 3.8) is 0 Å². The molecule has 130 valence electrons. The van der Waals surface area contributed by atoms with Gasteiger partial charge in [0.1, 0.15) is 0 Å². The lowest BCUT2D eigenvalue weighted by atomic mass is 10.1. The van der Waals surface area contributed by atoms with E-state index in [-0.39, 0.29) is 11.9 Å². The van der Waals surface area contributed by atoms with Crippen LogP contribution in [-0.2, 0) is 13.1 Å². The molecule has 1 amide bonds. The molecule has 6 nitrogen and oxygen atoms in total. The van der Waals surface area contributed by atoms with Crippen LogP contribution in [0.25, 0.3) is 0 Å². The van der Waals surface area contributed by atoms with Gasteiger partial charge < -0.3 is 9.73 Å². The largest absolute Gasteiger partial charge is 0.472 e. The molecule has 1 N–H and O–H groups in total. The second-order valence-corrected chi connectivity index (χ2v) is 7.06. The number of nitrogens with one attached hydrogen (secondary N) is 1. The van der Waals surface area contributed by atoms with Gasteiger partial charge in [0.05, 0.1) is 24.3 Å². The molecule has 4 heterocycles. The van der Waals surface area contributed by atoms with Crippen LogP contribution in [0.5, 0.6) is 0 Å². The Morgan fingerprint density at radius 2 is 2.36 bits per heavy atom. The lowest BCUT2D eigenvalue weighted by molar-refractivity contribution is 0.0947. The van der Waals surface area contributed by atoms with E-state index in [0.29, 0.717) is 6.54 Å². The summed E-state index contributed by atoms with van der Waals surface area (Å²) in [7, 11) is 0. The van der Waals surface area contributed by atoms with E-state index in [1.807, 2.05) is 29.1 Å². The summed E-state index contributed by atoms with van der Waals surface area (Å²) >= 11 is 1.53. The van der Waals surface area contributed by atoms with Crippen molar-refractivity contribution in [2.45, 2.75) is 25.6 Å². The van der Waals surface area contributed by atoms with Gasteiger partial charge in [-0.15, -0.1) is 0 Å². The Morgan fingerprint density at radius 3 is 3.16 bits per heavy atom. The average Bonchev–Trinajstić information content (AvgIpc) is 3.36. The van der Waals surface area contributed by atoms with Crippen LogP contribution in [0, 0.1) is 0 Å². The smallest absolute Gasteiger partial charge is 0.252 e. The van der Waals surface area contributed by atoms with E-state index in [0.717, 1.165) is 31.6 Å². The molecule has 0 aliphatic carbocycles. The molecule has 0 spiro atoms. The van der Waals surface area contributed by atoms with Crippen LogP contribution in [-0.4, -0.2) is 33.7 Å². The first-order valence-electron chi connectivity index (χ1n) is 8.36. The van der Waals surface area contributed by atoms with Crippen molar-refractivity contribution in [3.8, 4) is 0 Å². The van der Waals surface area contributed by atoms with Crippen molar-refractivity contribution in [2.24, 2.45) is 0 Å². The summed E-state index contributed by atoms with van der Waals surface area (Å²) in [6, 6.07) is 6.17. The van der Waals surface area contributed by atoms with E-state index < -0.39 is 0 Å². The molecule has 1 unspecified atom stereocenters. The zero-order valence-corrected chi connectivity index (χ0v) is 14.6. The monoisotopic (exact) mass is 356 g/mol. The van der Waals surface area contributed by atoms with Crippen molar-refractivity contribution >= 4 is 17.2 Å². The number of hydrogen-bond acceptors (Lipinski definition) is 5. The van der Waals surface area contributed by atoms with Gasteiger partial charge >= 0.3 is 0 Å². The molecule has 0 saturated heterocycles. The molecular formula is C18H20N4O2S. The number of carbonyl (C=O) groups excluding carboxylic acids is 1. The van der Waals surface area contributed by atoms with Crippen LogP contribution >= 0.6 is 11.3 Å². The maximum absolute atomic E-state index is 12.1. The molecule has 0 fully saturated rings. The predicted molar refractivity (Wildman–Crippen MR) is 95.4 cm³/mol. The summed E-state index contributed by atoms with van der Waals surface area (Å²) < 4.78 is 7.27. The van der Waals surface area contributed by atoms with E-state index in [9.17, 15) is 4.79 Å². The molecule has 0 radical (unpaired) electrons. The van der Waals surface area contributed by atoms with Crippen LogP contribution in [0.1, 0.15) is 34.1 Å². The van der Waals surface area contributed by atoms with Gasteiger partial charge in [0.25, 0.3) is 5.91 Å². The summed E-state index contributed by atoms with van der Waals surface area (Å²) in [5.41, 5.74) is 3.12. The van der Waals surface area contributed by atoms with Crippen LogP contribution < -0.4 is 5.32 Å². The Bertz CT molecular complexity index is 810. The summed E-state index contributed by atoms with van der Waals surface area (Å²) in [6.45, 7) is 3.29. The minimum atomic E-state index is -0.00648. The fourth-order valence-corrected chi connectivity index (χ4v) is 3.92. The van der Waals surface area contributed by atoms with Gasteiger partial charge in [0.2, 0.25) is 0 Å². The molecule has 0 aromatic carbocycles. The molecule has 1 aliphatic heterocycles. The Kier molecular flexibility index (Phi) is 4.67. The zero-order valence-electron chi connectivity index (χ0n) is 13.8. The molecule has 1 atom stereocenters. The summed E-state index contributed by atoms with van der Waals surface area (Å²) in [5.74, 6) is -0.00648. The highest BCUT2D eigenvalue weighted by Gasteiger charge is 2.25. The number of hydrogen-bond donors (Lipinski definition) is 1. The summed E-state index contributed by atoms with van der Waals surface area (Å²) in [4.78, 5) is 14.5. The van der Waals surface area contributed by atoms with E-state index in [1.165, 1.54) is 22.6 Å². The Morgan fingerprint density at radius 1 is 1.40 bits per heavy atom. The van der Waals surface area contributed by atoms with Gasteiger partial charge in [0, 0.05) is 48.9 Å². The average molecular weight is 356 g/mol. The number of carbonyl (C=O) groups is 1. The molecule has 0 bridgehead atoms. The van der Waals surface area contributed by atoms with Crippen LogP contribution in [0.3, 0.4) is 0 Å². The van der Waals surface area contributed by atoms with Gasteiger partial charge in [-0.1, -0.05) is 0 Å². The second-order valence-electron chi connectivity index (χ2n) is 6.28. The van der Waals surface area contributed by atoms with E-state index in [4.69, 9.17) is 4.42 Å². The molecule has 3 aromatic rings. The Labute approximate surface area is 150 Å². The predicted octanol–water partition coefficient (Wildman–Crippen LogP) is 2.91. The lowest BCUT2D eigenvalue weighted by Crippen LogP contribution is -2.38. The third-order valence-electron chi connectivity index (χ3n) is 4.49. The lowest BCUT2D eigenvalue weighted by Gasteiger charge is -2.33. The molecule has 4 rings (SSSR count). The normalized spacial score (nSPS) is 17.4. The van der Waals surface area contributed by atoms with Crippen molar-refractivity contribution in [3.05, 3.63) is 64.5 Å². The van der Waals surface area contributed by atoms with Crippen LogP contribution in [0.4, 0.5) is 0 Å². The number of nitrogens with zero attached hydrogens (tertiary/aromatic N) is 3. The standard InChI is InChI=1S/C18H20N4O2S/c23-18(15-4-8-25-13-15)19-5-1-16-10-21(9-14-3-7-24-12-14)11-17-2-6-20-22(16)17/h2-4,6-8,12-13,16H,1,5,9-11H2,(H,19,23). The second kappa shape index (κ2) is 7.25. The van der Waals surface area contributed by atoms with Crippen molar-refractivity contribution in [2.75, 3.05) is 13.1 Å². The van der Waals surface area contributed by atoms with Gasteiger partial charge in [-0.3, -0.25) is 14.4 Å². The fourth-order valence-electron chi connectivity index (χ4n) is 3.29. The molecular weight excluding hydrogens is 336 g/mol.